The van der Waals surface area contributed by atoms with Crippen LogP contribution in [0, 0.1) is 0 Å². The van der Waals surface area contributed by atoms with Crippen molar-refractivity contribution in [1.29, 1.82) is 0 Å². The summed E-state index contributed by atoms with van der Waals surface area (Å²) in [4.78, 5) is 15.9. The third-order valence-corrected chi connectivity index (χ3v) is 4.27. The van der Waals surface area contributed by atoms with Crippen molar-refractivity contribution in [3.63, 3.8) is 0 Å². The summed E-state index contributed by atoms with van der Waals surface area (Å²) >= 11 is 0. The SMILES string of the molecule is CC(=O)[C@@H](O)C(c1ccc(N(C)C)cc1)c1ccc(N(C)C)cc1. The van der Waals surface area contributed by atoms with Crippen LogP contribution >= 0.6 is 0 Å². The van der Waals surface area contributed by atoms with Crippen LogP contribution in [0.5, 0.6) is 0 Å². The third-order valence-electron chi connectivity index (χ3n) is 4.27. The van der Waals surface area contributed by atoms with Gasteiger partial charge >= 0.3 is 0 Å². The molecule has 0 amide bonds. The Morgan fingerprint density at radius 3 is 1.38 bits per heavy atom. The molecule has 0 fully saturated rings. The number of ketones is 1. The maximum absolute atomic E-state index is 11.8. The van der Waals surface area contributed by atoms with E-state index in [1.165, 1.54) is 6.92 Å². The average molecular weight is 326 g/mol. The van der Waals surface area contributed by atoms with Crippen LogP contribution in [0.1, 0.15) is 24.0 Å². The number of carbonyl (C=O) groups is 1. The van der Waals surface area contributed by atoms with Crippen LogP contribution in [0.15, 0.2) is 48.5 Å². The van der Waals surface area contributed by atoms with E-state index in [4.69, 9.17) is 0 Å². The summed E-state index contributed by atoms with van der Waals surface area (Å²) in [6.45, 7) is 1.43. The Morgan fingerprint density at radius 2 is 1.12 bits per heavy atom. The van der Waals surface area contributed by atoms with Gasteiger partial charge in [0.2, 0.25) is 0 Å². The molecular weight excluding hydrogens is 300 g/mol. The highest BCUT2D eigenvalue weighted by Gasteiger charge is 2.26. The lowest BCUT2D eigenvalue weighted by molar-refractivity contribution is -0.125. The zero-order chi connectivity index (χ0) is 17.9. The Kier molecular flexibility index (Phi) is 5.62. The van der Waals surface area contributed by atoms with Crippen molar-refractivity contribution in [1.82, 2.24) is 0 Å². The molecule has 128 valence electrons. The lowest BCUT2D eigenvalue weighted by Gasteiger charge is -2.24. The number of nitrogens with zero attached hydrogens (tertiary/aromatic N) is 2. The average Bonchev–Trinajstić information content (AvgIpc) is 2.55. The molecule has 0 saturated heterocycles. The van der Waals surface area contributed by atoms with Crippen LogP contribution in [0.2, 0.25) is 0 Å². The second-order valence-corrected chi connectivity index (χ2v) is 6.51. The molecule has 0 bridgehead atoms. The number of rotatable bonds is 6. The third kappa shape index (κ3) is 3.95. The molecule has 0 aliphatic rings. The predicted octanol–water partition coefficient (Wildman–Crippen LogP) is 2.90. The van der Waals surface area contributed by atoms with Crippen molar-refractivity contribution in [2.75, 3.05) is 38.0 Å². The van der Waals surface area contributed by atoms with E-state index in [2.05, 4.69) is 0 Å². The predicted molar refractivity (Wildman–Crippen MR) is 100 cm³/mol. The summed E-state index contributed by atoms with van der Waals surface area (Å²) < 4.78 is 0. The Balaban J connectivity index is 2.42. The molecule has 0 unspecified atom stereocenters. The first-order valence-corrected chi connectivity index (χ1v) is 8.04. The minimum absolute atomic E-state index is 0.228. The van der Waals surface area contributed by atoms with E-state index in [-0.39, 0.29) is 11.7 Å². The van der Waals surface area contributed by atoms with Crippen LogP contribution in [0.3, 0.4) is 0 Å². The molecule has 0 aliphatic heterocycles. The highest BCUT2D eigenvalue weighted by atomic mass is 16.3. The quantitative estimate of drug-likeness (QED) is 0.886. The number of anilines is 2. The second-order valence-electron chi connectivity index (χ2n) is 6.51. The first-order chi connectivity index (χ1) is 11.3. The van der Waals surface area contributed by atoms with Gasteiger partial charge in [0.05, 0.1) is 0 Å². The molecule has 0 heterocycles. The first kappa shape index (κ1) is 18.0. The molecule has 0 aliphatic carbocycles. The molecule has 2 aromatic rings. The molecule has 4 heteroatoms. The summed E-state index contributed by atoms with van der Waals surface area (Å²) in [5.41, 5.74) is 4.03. The smallest absolute Gasteiger partial charge is 0.159 e. The summed E-state index contributed by atoms with van der Waals surface area (Å²) in [5.74, 6) is -0.594. The fourth-order valence-corrected chi connectivity index (χ4v) is 2.75. The zero-order valence-corrected chi connectivity index (χ0v) is 15.0. The molecule has 1 N–H and O–H groups in total. The van der Waals surface area contributed by atoms with Crippen molar-refractivity contribution < 1.29 is 9.90 Å². The number of carbonyl (C=O) groups excluding carboxylic acids is 1. The molecule has 2 aromatic carbocycles. The van der Waals surface area contributed by atoms with Gasteiger partial charge in [-0.25, -0.2) is 0 Å². The van der Waals surface area contributed by atoms with E-state index >= 15 is 0 Å². The van der Waals surface area contributed by atoms with Crippen LogP contribution in [0.4, 0.5) is 11.4 Å². The first-order valence-electron chi connectivity index (χ1n) is 8.04. The van der Waals surface area contributed by atoms with Crippen molar-refractivity contribution in [2.45, 2.75) is 18.9 Å². The minimum atomic E-state index is -1.06. The van der Waals surface area contributed by atoms with Crippen molar-refractivity contribution in [3.8, 4) is 0 Å². The molecular formula is C20H26N2O2. The number of hydrogen-bond acceptors (Lipinski definition) is 4. The van der Waals surface area contributed by atoms with Crippen molar-refractivity contribution in [3.05, 3.63) is 59.7 Å². The molecule has 0 saturated carbocycles. The molecule has 0 aromatic heterocycles. The van der Waals surface area contributed by atoms with Crippen LogP contribution in [-0.2, 0) is 4.79 Å². The zero-order valence-electron chi connectivity index (χ0n) is 15.0. The Labute approximate surface area is 144 Å². The van der Waals surface area contributed by atoms with Crippen LogP contribution in [-0.4, -0.2) is 45.2 Å². The van der Waals surface area contributed by atoms with E-state index in [1.54, 1.807) is 0 Å². The topological polar surface area (TPSA) is 43.8 Å². The van der Waals surface area contributed by atoms with Gasteiger partial charge in [-0.3, -0.25) is 4.79 Å². The Hall–Kier alpha value is -2.33. The maximum Gasteiger partial charge on any atom is 0.159 e. The van der Waals surface area contributed by atoms with Crippen LogP contribution in [0.25, 0.3) is 0 Å². The number of hydrogen-bond donors (Lipinski definition) is 1. The van der Waals surface area contributed by atoms with E-state index in [0.29, 0.717) is 0 Å². The fourth-order valence-electron chi connectivity index (χ4n) is 2.75. The van der Waals surface area contributed by atoms with Gasteiger partial charge in [-0.1, -0.05) is 24.3 Å². The maximum atomic E-state index is 11.8. The summed E-state index contributed by atoms with van der Waals surface area (Å²) in [7, 11) is 7.93. The van der Waals surface area contributed by atoms with E-state index in [9.17, 15) is 9.90 Å². The van der Waals surface area contributed by atoms with Gasteiger partial charge in [0.25, 0.3) is 0 Å². The van der Waals surface area contributed by atoms with Crippen molar-refractivity contribution in [2.24, 2.45) is 0 Å². The Bertz CT molecular complexity index is 624. The van der Waals surface area contributed by atoms with E-state index < -0.39 is 6.10 Å². The van der Waals surface area contributed by atoms with Crippen LogP contribution < -0.4 is 9.80 Å². The molecule has 4 nitrogen and oxygen atoms in total. The van der Waals surface area contributed by atoms with Gasteiger partial charge in [-0.15, -0.1) is 0 Å². The lowest BCUT2D eigenvalue weighted by atomic mass is 9.85. The van der Waals surface area contributed by atoms with E-state index in [1.807, 2.05) is 86.5 Å². The number of benzene rings is 2. The van der Waals surface area contributed by atoms with Gasteiger partial charge in [0.1, 0.15) is 6.10 Å². The molecule has 0 radical (unpaired) electrons. The van der Waals surface area contributed by atoms with E-state index in [0.717, 1.165) is 22.5 Å². The monoisotopic (exact) mass is 326 g/mol. The normalized spacial score (nSPS) is 12.1. The molecule has 2 rings (SSSR count). The van der Waals surface area contributed by atoms with Gasteiger partial charge in [-0.05, 0) is 42.3 Å². The summed E-state index contributed by atoms with van der Waals surface area (Å²) in [6, 6.07) is 15.9. The largest absolute Gasteiger partial charge is 0.384 e. The summed E-state index contributed by atoms with van der Waals surface area (Å²) in [6.07, 6.45) is -1.06. The lowest BCUT2D eigenvalue weighted by Crippen LogP contribution is -2.27. The standard InChI is InChI=1S/C20H26N2O2/c1-14(23)20(24)19(15-6-10-17(11-7-15)21(2)3)16-8-12-18(13-9-16)22(4)5/h6-13,19-20,24H,1-5H3/t20-/m1/s1. The Morgan fingerprint density at radius 1 is 0.792 bits per heavy atom. The highest BCUT2D eigenvalue weighted by molar-refractivity contribution is 5.82. The molecule has 1 atom stereocenters. The molecule has 24 heavy (non-hydrogen) atoms. The second kappa shape index (κ2) is 7.49. The summed E-state index contributed by atoms with van der Waals surface area (Å²) in [5, 5.41) is 10.5. The highest BCUT2D eigenvalue weighted by Crippen LogP contribution is 2.31. The van der Waals surface area contributed by atoms with Gasteiger partial charge < -0.3 is 14.9 Å². The minimum Gasteiger partial charge on any atom is -0.384 e. The fraction of sp³-hybridized carbons (Fsp3) is 0.350. The van der Waals surface area contributed by atoms with Gasteiger partial charge in [0.15, 0.2) is 5.78 Å². The van der Waals surface area contributed by atoms with Gasteiger partial charge in [0, 0.05) is 45.5 Å². The number of aliphatic hydroxyl groups excluding tert-OH is 1. The molecule has 0 spiro atoms. The van der Waals surface area contributed by atoms with Crippen molar-refractivity contribution >= 4 is 17.2 Å². The number of aliphatic hydroxyl groups is 1. The van der Waals surface area contributed by atoms with Gasteiger partial charge in [-0.2, -0.15) is 0 Å². The number of Topliss-reactive ketones (excluding diaryl/α,β-unsaturated/α-hetero) is 1.